The minimum absolute atomic E-state index is 1.12. The van der Waals surface area contributed by atoms with Crippen LogP contribution in [0, 0.1) is 0 Å². The SMILES string of the molecule is c1ccc(-c2ccc3c(c2)-c2ccccc2-c2ccccc2N3c2ccc(-c3ccc(-c4ccccc4-n4c5ccccc5c5ccccc54)cc3)cc2)cc1. The topological polar surface area (TPSA) is 8.17 Å². The summed E-state index contributed by atoms with van der Waals surface area (Å²) in [6, 6.07) is 79.4. The maximum Gasteiger partial charge on any atom is 0.0541 e. The van der Waals surface area contributed by atoms with Crippen molar-refractivity contribution < 1.29 is 0 Å². The van der Waals surface area contributed by atoms with Gasteiger partial charge < -0.3 is 9.47 Å². The number of hydrogen-bond acceptors (Lipinski definition) is 1. The molecule has 0 saturated carbocycles. The Kier molecular flexibility index (Phi) is 7.53. The van der Waals surface area contributed by atoms with E-state index >= 15 is 0 Å². The Morgan fingerprint density at radius 3 is 1.38 bits per heavy atom. The van der Waals surface area contributed by atoms with Crippen LogP contribution in [0.5, 0.6) is 0 Å². The van der Waals surface area contributed by atoms with Crippen molar-refractivity contribution in [3.05, 3.63) is 218 Å². The summed E-state index contributed by atoms with van der Waals surface area (Å²) in [5.74, 6) is 0. The Labute approximate surface area is 326 Å². The third-order valence-electron chi connectivity index (χ3n) is 11.4. The van der Waals surface area contributed by atoms with E-state index in [9.17, 15) is 0 Å². The summed E-state index contributed by atoms with van der Waals surface area (Å²) in [4.78, 5) is 2.43. The van der Waals surface area contributed by atoms with E-state index in [0.29, 0.717) is 0 Å². The van der Waals surface area contributed by atoms with Crippen molar-refractivity contribution in [3.8, 4) is 61.3 Å². The summed E-state index contributed by atoms with van der Waals surface area (Å²) >= 11 is 0. The van der Waals surface area contributed by atoms with E-state index < -0.39 is 0 Å². The molecule has 0 amide bonds. The summed E-state index contributed by atoms with van der Waals surface area (Å²) in [6.45, 7) is 0. The van der Waals surface area contributed by atoms with E-state index in [4.69, 9.17) is 0 Å². The lowest BCUT2D eigenvalue weighted by Gasteiger charge is -2.27. The van der Waals surface area contributed by atoms with E-state index in [0.717, 1.165) is 5.69 Å². The summed E-state index contributed by atoms with van der Waals surface area (Å²) < 4.78 is 2.41. The molecule has 0 aliphatic carbocycles. The van der Waals surface area contributed by atoms with Gasteiger partial charge >= 0.3 is 0 Å². The van der Waals surface area contributed by atoms with Crippen LogP contribution in [0.4, 0.5) is 17.1 Å². The standard InChI is InChI=1S/C54H36N2/c1-2-14-37(15-3-1)41-32-35-54-49(36-41)45-18-5-4-17-44(45)46-19-7-11-23-51(46)55(54)42-33-30-39(31-34-42)38-26-28-40(29-27-38)43-16-6-10-22-50(43)56-52-24-12-8-20-47(52)48-21-9-13-25-53(48)56/h1-36H. The molecular weight excluding hydrogens is 677 g/mol. The van der Waals surface area contributed by atoms with Gasteiger partial charge in [0.05, 0.1) is 28.1 Å². The van der Waals surface area contributed by atoms with E-state index in [1.807, 2.05) is 0 Å². The Bertz CT molecular complexity index is 3010. The van der Waals surface area contributed by atoms with Crippen LogP contribution in [0.2, 0.25) is 0 Å². The quantitative estimate of drug-likeness (QED) is 0.172. The number of fused-ring (bicyclic) bond motifs is 8. The van der Waals surface area contributed by atoms with Crippen LogP contribution in [-0.4, -0.2) is 4.57 Å². The van der Waals surface area contributed by atoms with Gasteiger partial charge in [-0.15, -0.1) is 0 Å². The molecule has 9 aromatic carbocycles. The number of hydrogen-bond donors (Lipinski definition) is 0. The van der Waals surface area contributed by atoms with Crippen molar-refractivity contribution in [2.24, 2.45) is 0 Å². The summed E-state index contributed by atoms with van der Waals surface area (Å²) in [5.41, 5.74) is 19.2. The fraction of sp³-hybridized carbons (Fsp3) is 0. The highest BCUT2D eigenvalue weighted by Gasteiger charge is 2.26. The molecule has 0 bridgehead atoms. The molecule has 0 saturated heterocycles. The van der Waals surface area contributed by atoms with Gasteiger partial charge in [0.25, 0.3) is 0 Å². The second kappa shape index (κ2) is 13.2. The van der Waals surface area contributed by atoms with E-state index in [2.05, 4.69) is 228 Å². The Morgan fingerprint density at radius 2 is 0.696 bits per heavy atom. The van der Waals surface area contributed by atoms with Crippen molar-refractivity contribution in [1.82, 2.24) is 4.57 Å². The average molecular weight is 713 g/mol. The second-order valence-electron chi connectivity index (χ2n) is 14.5. The van der Waals surface area contributed by atoms with Gasteiger partial charge in [-0.05, 0) is 87.5 Å². The Hall–Kier alpha value is -7.42. The van der Waals surface area contributed by atoms with Crippen LogP contribution < -0.4 is 4.90 Å². The molecule has 10 aromatic rings. The first-order chi connectivity index (χ1) is 27.8. The smallest absolute Gasteiger partial charge is 0.0541 e. The van der Waals surface area contributed by atoms with Crippen molar-refractivity contribution in [2.75, 3.05) is 4.90 Å². The van der Waals surface area contributed by atoms with Crippen molar-refractivity contribution >= 4 is 38.9 Å². The van der Waals surface area contributed by atoms with Gasteiger partial charge in [-0.25, -0.2) is 0 Å². The van der Waals surface area contributed by atoms with Crippen molar-refractivity contribution in [3.63, 3.8) is 0 Å². The average Bonchev–Trinajstić information content (AvgIpc) is 3.55. The zero-order valence-corrected chi connectivity index (χ0v) is 30.7. The molecule has 0 radical (unpaired) electrons. The zero-order chi connectivity index (χ0) is 37.0. The van der Waals surface area contributed by atoms with Crippen molar-refractivity contribution in [2.45, 2.75) is 0 Å². The van der Waals surface area contributed by atoms with Gasteiger partial charge in [-0.2, -0.15) is 0 Å². The van der Waals surface area contributed by atoms with Crippen molar-refractivity contribution in [1.29, 1.82) is 0 Å². The number of para-hydroxylation sites is 4. The molecule has 0 N–H and O–H groups in total. The molecule has 0 spiro atoms. The zero-order valence-electron chi connectivity index (χ0n) is 30.7. The highest BCUT2D eigenvalue weighted by Crippen LogP contribution is 2.51. The Morgan fingerprint density at radius 1 is 0.250 bits per heavy atom. The molecule has 0 fully saturated rings. The Balaban J connectivity index is 0.976. The van der Waals surface area contributed by atoms with Gasteiger partial charge in [0, 0.05) is 33.2 Å². The molecule has 1 aliphatic rings. The highest BCUT2D eigenvalue weighted by atomic mass is 15.1. The lowest BCUT2D eigenvalue weighted by atomic mass is 9.92. The van der Waals surface area contributed by atoms with Gasteiger partial charge in [0.1, 0.15) is 0 Å². The first-order valence-electron chi connectivity index (χ1n) is 19.3. The normalized spacial score (nSPS) is 11.9. The van der Waals surface area contributed by atoms with Crippen LogP contribution in [0.3, 0.4) is 0 Å². The van der Waals surface area contributed by atoms with Crippen LogP contribution in [0.25, 0.3) is 83.1 Å². The third-order valence-corrected chi connectivity index (χ3v) is 11.4. The van der Waals surface area contributed by atoms with Gasteiger partial charge in [-0.1, -0.05) is 170 Å². The molecule has 1 aromatic heterocycles. The van der Waals surface area contributed by atoms with Gasteiger partial charge in [0.15, 0.2) is 0 Å². The molecule has 56 heavy (non-hydrogen) atoms. The fourth-order valence-electron chi connectivity index (χ4n) is 8.75. The van der Waals surface area contributed by atoms with Crippen LogP contribution in [0.15, 0.2) is 218 Å². The van der Waals surface area contributed by atoms with E-state index in [-0.39, 0.29) is 0 Å². The molecule has 2 heterocycles. The first kappa shape index (κ1) is 32.0. The second-order valence-corrected chi connectivity index (χ2v) is 14.5. The molecule has 0 unspecified atom stereocenters. The van der Waals surface area contributed by atoms with Crippen LogP contribution in [0.1, 0.15) is 0 Å². The molecule has 2 heteroatoms. The van der Waals surface area contributed by atoms with Crippen LogP contribution >= 0.6 is 0 Å². The number of rotatable bonds is 5. The molecule has 2 nitrogen and oxygen atoms in total. The van der Waals surface area contributed by atoms with E-state index in [1.54, 1.807) is 0 Å². The van der Waals surface area contributed by atoms with Gasteiger partial charge in [0.2, 0.25) is 0 Å². The fourth-order valence-corrected chi connectivity index (χ4v) is 8.75. The molecule has 262 valence electrons. The first-order valence-corrected chi connectivity index (χ1v) is 19.3. The summed E-state index contributed by atoms with van der Waals surface area (Å²) in [6.07, 6.45) is 0. The molecule has 11 rings (SSSR count). The van der Waals surface area contributed by atoms with Gasteiger partial charge in [-0.3, -0.25) is 0 Å². The molecule has 1 aliphatic heterocycles. The highest BCUT2D eigenvalue weighted by molar-refractivity contribution is 6.10. The predicted octanol–water partition coefficient (Wildman–Crippen LogP) is 14.9. The minimum atomic E-state index is 1.12. The third kappa shape index (κ3) is 5.19. The monoisotopic (exact) mass is 712 g/mol. The lowest BCUT2D eigenvalue weighted by molar-refractivity contribution is 1.18. The largest absolute Gasteiger partial charge is 0.309 e. The summed E-state index contributed by atoms with van der Waals surface area (Å²) in [7, 11) is 0. The number of benzene rings is 9. The summed E-state index contributed by atoms with van der Waals surface area (Å²) in [5, 5.41) is 2.54. The minimum Gasteiger partial charge on any atom is -0.309 e. The number of aromatic nitrogens is 1. The maximum absolute atomic E-state index is 2.43. The van der Waals surface area contributed by atoms with E-state index in [1.165, 1.54) is 94.5 Å². The van der Waals surface area contributed by atoms with Crippen LogP contribution in [-0.2, 0) is 0 Å². The predicted molar refractivity (Wildman–Crippen MR) is 236 cm³/mol. The maximum atomic E-state index is 2.43. The molecular formula is C54H36N2. The number of anilines is 3. The lowest BCUT2D eigenvalue weighted by Crippen LogP contribution is -2.10. The molecule has 0 atom stereocenters. The number of nitrogens with zero attached hydrogens (tertiary/aromatic N) is 2.